The summed E-state index contributed by atoms with van der Waals surface area (Å²) in [5.74, 6) is -3.79. The van der Waals surface area contributed by atoms with Crippen molar-refractivity contribution in [2.75, 3.05) is 44.2 Å². The lowest BCUT2D eigenvalue weighted by atomic mass is 9.92. The van der Waals surface area contributed by atoms with Gasteiger partial charge >= 0.3 is 6.01 Å². The van der Waals surface area contributed by atoms with E-state index in [9.17, 15) is 13.9 Å². The normalized spacial score (nSPS) is 26.9. The average Bonchev–Trinajstić information content (AvgIpc) is 3.91. The van der Waals surface area contributed by atoms with Crippen molar-refractivity contribution >= 4 is 27.5 Å². The number of piperazine rings is 1. The molecule has 3 aromatic carbocycles. The average molecular weight is 676 g/mol. The fourth-order valence-electron chi connectivity index (χ4n) is 9.07. The number of aromatic hydroxyl groups is 1. The Kier molecular flexibility index (Phi) is 7.12. The van der Waals surface area contributed by atoms with Crippen LogP contribution in [0.1, 0.15) is 57.4 Å². The van der Waals surface area contributed by atoms with Gasteiger partial charge in [-0.3, -0.25) is 0 Å². The minimum absolute atomic E-state index is 0.0201. The van der Waals surface area contributed by atoms with E-state index in [2.05, 4.69) is 20.1 Å². The van der Waals surface area contributed by atoms with Gasteiger partial charge < -0.3 is 25.0 Å². The number of halogens is 4. The second-order valence-corrected chi connectivity index (χ2v) is 15.4. The highest BCUT2D eigenvalue weighted by Gasteiger charge is 2.71. The number of anilines is 1. The van der Waals surface area contributed by atoms with Crippen molar-refractivity contribution in [2.24, 2.45) is 10.8 Å². The summed E-state index contributed by atoms with van der Waals surface area (Å²) in [6.45, 7) is 5.44. The van der Waals surface area contributed by atoms with Crippen molar-refractivity contribution in [3.63, 3.8) is 0 Å². The standard InChI is InChI=1S/C38H41F4N5O2/c1-2-22-5-3-6-23-13-26(48)14-27(30(22)23)31-29(39)15-28-33(32(31)40)44-35(45-34(28)47-16-24-7-8-25(17-47)43-24)49-21-36(10-11-36)19-46-12-4-9-37(20-46)18-38(37,41)42/h3,5-6,13-15,24-25,43,48H,2,4,7-12,16-21H2,1H3. The summed E-state index contributed by atoms with van der Waals surface area (Å²) < 4.78 is 68.1. The Balaban J connectivity index is 1.10. The van der Waals surface area contributed by atoms with Gasteiger partial charge in [-0.1, -0.05) is 25.1 Å². The Morgan fingerprint density at radius 3 is 2.53 bits per heavy atom. The molecule has 0 amide bonds. The largest absolute Gasteiger partial charge is 0.508 e. The van der Waals surface area contributed by atoms with Gasteiger partial charge in [-0.15, -0.1) is 0 Å². The molecule has 4 aromatic rings. The van der Waals surface area contributed by atoms with E-state index in [4.69, 9.17) is 9.72 Å². The number of aryl methyl sites for hydroxylation is 1. The summed E-state index contributed by atoms with van der Waals surface area (Å²) in [4.78, 5) is 13.7. The predicted octanol–water partition coefficient (Wildman–Crippen LogP) is 7.22. The molecule has 49 heavy (non-hydrogen) atoms. The first-order chi connectivity index (χ1) is 23.6. The van der Waals surface area contributed by atoms with Crippen LogP contribution in [0.3, 0.4) is 0 Å². The minimum Gasteiger partial charge on any atom is -0.508 e. The second kappa shape index (κ2) is 11.2. The van der Waals surface area contributed by atoms with E-state index in [-0.39, 0.29) is 64.3 Å². The number of alkyl halides is 2. The fraction of sp³-hybridized carbons (Fsp3) is 0.526. The van der Waals surface area contributed by atoms with Gasteiger partial charge in [-0.25, -0.2) is 17.6 Å². The number of phenols is 1. The van der Waals surface area contributed by atoms with Crippen molar-refractivity contribution < 1.29 is 27.4 Å². The van der Waals surface area contributed by atoms with Gasteiger partial charge in [0.2, 0.25) is 0 Å². The van der Waals surface area contributed by atoms with Crippen molar-refractivity contribution in [3.05, 3.63) is 53.6 Å². The van der Waals surface area contributed by atoms with Crippen LogP contribution in [0.4, 0.5) is 23.4 Å². The smallest absolute Gasteiger partial charge is 0.319 e. The van der Waals surface area contributed by atoms with Crippen LogP contribution in [-0.4, -0.2) is 77.3 Å². The number of fused-ring (bicyclic) bond motifs is 4. The number of hydrogen-bond acceptors (Lipinski definition) is 7. The van der Waals surface area contributed by atoms with Crippen LogP contribution in [0, 0.1) is 22.5 Å². The minimum atomic E-state index is -2.57. The van der Waals surface area contributed by atoms with E-state index in [1.807, 2.05) is 25.1 Å². The zero-order chi connectivity index (χ0) is 33.7. The number of rotatable bonds is 8. The van der Waals surface area contributed by atoms with Crippen molar-refractivity contribution in [2.45, 2.75) is 76.3 Å². The van der Waals surface area contributed by atoms with E-state index in [0.717, 1.165) is 44.2 Å². The molecule has 1 aromatic heterocycles. The van der Waals surface area contributed by atoms with E-state index in [1.54, 1.807) is 6.07 Å². The van der Waals surface area contributed by atoms with Gasteiger partial charge in [-0.05, 0) is 91.6 Å². The zero-order valence-electron chi connectivity index (χ0n) is 27.7. The molecular formula is C38H41F4N5O2. The highest BCUT2D eigenvalue weighted by atomic mass is 19.3. The van der Waals surface area contributed by atoms with Gasteiger partial charge in [0.25, 0.3) is 5.92 Å². The summed E-state index contributed by atoms with van der Waals surface area (Å²) in [6.07, 6.45) is 5.83. The number of hydrogen-bond donors (Lipinski definition) is 2. The molecule has 1 spiro atoms. The quantitative estimate of drug-likeness (QED) is 0.191. The lowest BCUT2D eigenvalue weighted by molar-refractivity contribution is 0.0167. The molecule has 5 aliphatic rings. The van der Waals surface area contributed by atoms with E-state index >= 15 is 8.78 Å². The predicted molar refractivity (Wildman–Crippen MR) is 180 cm³/mol. The molecule has 258 valence electrons. The van der Waals surface area contributed by atoms with Crippen LogP contribution in [0.2, 0.25) is 0 Å². The van der Waals surface area contributed by atoms with Crippen molar-refractivity contribution in [1.82, 2.24) is 20.2 Å². The number of aromatic nitrogens is 2. The molecule has 3 aliphatic heterocycles. The van der Waals surface area contributed by atoms with Gasteiger partial charge in [0, 0.05) is 55.5 Å². The first kappa shape index (κ1) is 31.3. The number of likely N-dealkylation sites (tertiary alicyclic amines) is 1. The van der Waals surface area contributed by atoms with Gasteiger partial charge in [-0.2, -0.15) is 9.97 Å². The molecule has 4 heterocycles. The Hall–Kier alpha value is -3.70. The van der Waals surface area contributed by atoms with Crippen molar-refractivity contribution in [3.8, 4) is 22.9 Å². The lowest BCUT2D eigenvalue weighted by Gasteiger charge is -2.35. The van der Waals surface area contributed by atoms with Crippen LogP contribution >= 0.6 is 0 Å². The number of nitrogens with one attached hydrogen (secondary N) is 1. The molecule has 3 saturated heterocycles. The third-order valence-electron chi connectivity index (χ3n) is 11.9. The first-order valence-corrected chi connectivity index (χ1v) is 17.7. The molecule has 3 unspecified atom stereocenters. The Bertz CT molecular complexity index is 1970. The van der Waals surface area contributed by atoms with Crippen LogP contribution in [0.5, 0.6) is 11.8 Å². The first-order valence-electron chi connectivity index (χ1n) is 17.7. The highest BCUT2D eigenvalue weighted by Crippen LogP contribution is 2.65. The van der Waals surface area contributed by atoms with E-state index in [1.165, 1.54) is 12.1 Å². The summed E-state index contributed by atoms with van der Waals surface area (Å²) in [5.41, 5.74) is -0.172. The van der Waals surface area contributed by atoms with Gasteiger partial charge in [0.15, 0.2) is 5.82 Å². The van der Waals surface area contributed by atoms with Crippen LogP contribution < -0.4 is 15.0 Å². The third-order valence-corrected chi connectivity index (χ3v) is 11.9. The lowest BCUT2D eigenvalue weighted by Crippen LogP contribution is -2.51. The number of benzene rings is 3. The molecule has 9 rings (SSSR count). The number of nitrogens with zero attached hydrogens (tertiary/aromatic N) is 4. The molecule has 2 bridgehead atoms. The van der Waals surface area contributed by atoms with Crippen molar-refractivity contribution in [1.29, 1.82) is 0 Å². The molecule has 2 aliphatic carbocycles. The molecule has 11 heteroatoms. The highest BCUT2D eigenvalue weighted by molar-refractivity contribution is 6.03. The summed E-state index contributed by atoms with van der Waals surface area (Å²) in [7, 11) is 0. The molecule has 3 atom stereocenters. The third kappa shape index (κ3) is 5.30. The number of piperidine rings is 1. The molecule has 2 saturated carbocycles. The number of ether oxygens (including phenoxy) is 1. The molecule has 5 fully saturated rings. The Labute approximate surface area is 282 Å². The SMILES string of the molecule is CCc1cccc2cc(O)cc(-c3c(F)cc4c(N5CC6CCC(C5)N6)nc(OCC5(CN6CCCC7(C6)CC7(F)F)CC5)nc4c3F)c12. The Morgan fingerprint density at radius 1 is 1.04 bits per heavy atom. The Morgan fingerprint density at radius 2 is 1.82 bits per heavy atom. The number of phenolic OH excluding ortho intramolecular Hbond substituents is 1. The second-order valence-electron chi connectivity index (χ2n) is 15.4. The molecule has 0 radical (unpaired) electrons. The molecule has 7 nitrogen and oxygen atoms in total. The maximum atomic E-state index is 17.0. The van der Waals surface area contributed by atoms with E-state index in [0.29, 0.717) is 55.6 Å². The summed E-state index contributed by atoms with van der Waals surface area (Å²) in [5, 5.41) is 15.9. The monoisotopic (exact) mass is 675 g/mol. The summed E-state index contributed by atoms with van der Waals surface area (Å²) >= 11 is 0. The molecular weight excluding hydrogens is 634 g/mol. The van der Waals surface area contributed by atoms with Crippen LogP contribution in [-0.2, 0) is 6.42 Å². The van der Waals surface area contributed by atoms with Gasteiger partial charge in [0.05, 0.1) is 17.6 Å². The zero-order valence-corrected chi connectivity index (χ0v) is 27.7. The van der Waals surface area contributed by atoms with E-state index < -0.39 is 23.0 Å². The van der Waals surface area contributed by atoms with Gasteiger partial charge in [0.1, 0.15) is 22.9 Å². The topological polar surface area (TPSA) is 73.8 Å². The summed E-state index contributed by atoms with van der Waals surface area (Å²) in [6, 6.07) is 10.5. The maximum absolute atomic E-state index is 17.0. The molecule has 2 N–H and O–H groups in total. The maximum Gasteiger partial charge on any atom is 0.319 e. The van der Waals surface area contributed by atoms with Crippen LogP contribution in [0.15, 0.2) is 36.4 Å². The van der Waals surface area contributed by atoms with Crippen LogP contribution in [0.25, 0.3) is 32.8 Å². The fourth-order valence-corrected chi connectivity index (χ4v) is 9.07.